The lowest BCUT2D eigenvalue weighted by molar-refractivity contribution is -0.146. The highest BCUT2D eigenvalue weighted by atomic mass is 19.1. The first-order chi connectivity index (χ1) is 20.6. The summed E-state index contributed by atoms with van der Waals surface area (Å²) in [5.74, 6) is -0.999. The molecule has 6 rings (SSSR count). The van der Waals surface area contributed by atoms with Crippen molar-refractivity contribution in [2.24, 2.45) is 11.8 Å². The number of nitrogens with zero attached hydrogens (tertiary/aromatic N) is 5. The summed E-state index contributed by atoms with van der Waals surface area (Å²) >= 11 is 0. The van der Waals surface area contributed by atoms with Gasteiger partial charge in [0.1, 0.15) is 5.67 Å². The van der Waals surface area contributed by atoms with Gasteiger partial charge in [0.2, 0.25) is 5.91 Å². The molecular weight excluding hydrogens is 549 g/mol. The summed E-state index contributed by atoms with van der Waals surface area (Å²) < 4.78 is 24.4. The van der Waals surface area contributed by atoms with Gasteiger partial charge in [-0.25, -0.2) is 4.39 Å². The van der Waals surface area contributed by atoms with Crippen LogP contribution in [-0.4, -0.2) is 56.8 Å². The molecule has 0 saturated carbocycles. The van der Waals surface area contributed by atoms with Crippen LogP contribution in [0.2, 0.25) is 0 Å². The Balaban J connectivity index is 1.27. The van der Waals surface area contributed by atoms with Gasteiger partial charge in [-0.05, 0) is 56.9 Å². The van der Waals surface area contributed by atoms with Gasteiger partial charge >= 0.3 is 0 Å². The zero-order chi connectivity index (χ0) is 30.4. The Morgan fingerprint density at radius 3 is 2.60 bits per heavy atom. The number of aryl methyl sites for hydroxylation is 1. The molecule has 0 unspecified atom stereocenters. The van der Waals surface area contributed by atoms with E-state index in [2.05, 4.69) is 10.3 Å². The van der Waals surface area contributed by atoms with Crippen LogP contribution in [0.3, 0.4) is 0 Å². The SMILES string of the molecule is C[C@H]1[C@H](C(C)(C)F)[C@@H](CCn2cc(CCO)nn2)O[C@]12C(=O)N(Cc1ccc(N3CCCCC3=O)cc1)c1ccccc12. The number of ether oxygens (including phenoxy) is 1. The number of aliphatic hydroxyl groups excluding tert-OH is 1. The number of rotatable bonds is 9. The summed E-state index contributed by atoms with van der Waals surface area (Å²) in [5.41, 5.74) is 1.14. The number of anilines is 2. The number of aromatic nitrogens is 3. The number of amides is 2. The number of hydrogen-bond acceptors (Lipinski definition) is 6. The second-order valence-corrected chi connectivity index (χ2v) is 12.6. The van der Waals surface area contributed by atoms with Gasteiger partial charge in [-0.2, -0.15) is 0 Å². The topological polar surface area (TPSA) is 101 Å². The van der Waals surface area contributed by atoms with Gasteiger partial charge in [-0.15, -0.1) is 5.10 Å². The molecule has 0 radical (unpaired) electrons. The smallest absolute Gasteiger partial charge is 0.264 e. The summed E-state index contributed by atoms with van der Waals surface area (Å²) in [4.78, 5) is 30.5. The molecule has 1 aromatic heterocycles. The Labute approximate surface area is 251 Å². The van der Waals surface area contributed by atoms with Crippen molar-refractivity contribution in [3.8, 4) is 0 Å². The number of carbonyl (C=O) groups is 2. The van der Waals surface area contributed by atoms with Gasteiger partial charge in [0.25, 0.3) is 5.91 Å². The maximum atomic E-state index is 15.9. The van der Waals surface area contributed by atoms with Crippen LogP contribution >= 0.6 is 0 Å². The van der Waals surface area contributed by atoms with Crippen LogP contribution in [0.5, 0.6) is 0 Å². The summed E-state index contributed by atoms with van der Waals surface area (Å²) in [5, 5.41) is 17.4. The first-order valence-corrected chi connectivity index (χ1v) is 15.3. The van der Waals surface area contributed by atoms with E-state index in [4.69, 9.17) is 4.74 Å². The Bertz CT molecular complexity index is 1480. The van der Waals surface area contributed by atoms with Crippen LogP contribution in [0.4, 0.5) is 15.8 Å². The van der Waals surface area contributed by atoms with Crippen molar-refractivity contribution >= 4 is 23.2 Å². The second-order valence-electron chi connectivity index (χ2n) is 12.6. The fourth-order valence-electron chi connectivity index (χ4n) is 7.41. The Kier molecular flexibility index (Phi) is 7.85. The predicted molar refractivity (Wildman–Crippen MR) is 160 cm³/mol. The summed E-state index contributed by atoms with van der Waals surface area (Å²) in [6, 6.07) is 15.5. The van der Waals surface area contributed by atoms with E-state index in [0.29, 0.717) is 38.0 Å². The first-order valence-electron chi connectivity index (χ1n) is 15.3. The van der Waals surface area contributed by atoms with Gasteiger partial charge < -0.3 is 19.6 Å². The number of aliphatic hydroxyl groups is 1. The quantitative estimate of drug-likeness (QED) is 0.393. The summed E-state index contributed by atoms with van der Waals surface area (Å²) in [6.45, 7) is 6.56. The molecule has 3 aromatic rings. The molecule has 2 amide bonds. The molecule has 3 aliphatic rings. The van der Waals surface area contributed by atoms with E-state index < -0.39 is 29.2 Å². The van der Waals surface area contributed by atoms with E-state index in [1.807, 2.05) is 60.4 Å². The molecule has 2 saturated heterocycles. The fourth-order valence-corrected chi connectivity index (χ4v) is 7.41. The van der Waals surface area contributed by atoms with Crippen LogP contribution in [0.15, 0.2) is 54.7 Å². The minimum Gasteiger partial charge on any atom is -0.396 e. The van der Waals surface area contributed by atoms with Gasteiger partial charge in [-0.1, -0.05) is 42.5 Å². The third kappa shape index (κ3) is 5.25. The average Bonchev–Trinajstić information content (AvgIpc) is 3.63. The van der Waals surface area contributed by atoms with Crippen molar-refractivity contribution in [1.29, 1.82) is 0 Å². The Morgan fingerprint density at radius 1 is 1.12 bits per heavy atom. The molecule has 1 spiro atoms. The second kappa shape index (κ2) is 11.5. The molecule has 1 N–H and O–H groups in total. The summed E-state index contributed by atoms with van der Waals surface area (Å²) in [7, 11) is 0. The number of hydrogen-bond donors (Lipinski definition) is 1. The molecule has 2 aromatic carbocycles. The third-order valence-corrected chi connectivity index (χ3v) is 9.38. The molecule has 228 valence electrons. The lowest BCUT2D eigenvalue weighted by atomic mass is 9.71. The zero-order valence-corrected chi connectivity index (χ0v) is 25.1. The maximum absolute atomic E-state index is 15.9. The number of alkyl halides is 1. The van der Waals surface area contributed by atoms with E-state index in [9.17, 15) is 14.7 Å². The van der Waals surface area contributed by atoms with Gasteiger partial charge in [0.05, 0.1) is 24.0 Å². The van der Waals surface area contributed by atoms with Gasteiger partial charge in [-0.3, -0.25) is 14.3 Å². The molecule has 0 bridgehead atoms. The number of piperidine rings is 1. The Hall–Kier alpha value is -3.63. The molecule has 9 nitrogen and oxygen atoms in total. The van der Waals surface area contributed by atoms with Crippen LogP contribution < -0.4 is 9.80 Å². The standard InChI is InChI=1S/C33H40FN5O4/c1-22-30(32(2,3)34)28(15-18-37-21-24(16-19-40)35-36-37)43-33(22)26-8-4-5-9-27(26)39(31(33)42)20-23-11-13-25(14-12-23)38-17-7-6-10-29(38)41/h4-5,8-9,11-14,21-22,28,30,40H,6-7,10,15-20H2,1-3H3/t22-,28+,30-,33+/m0/s1. The van der Waals surface area contributed by atoms with Gasteiger partial charge in [0.15, 0.2) is 5.60 Å². The number of benzene rings is 2. The molecule has 4 atom stereocenters. The lowest BCUT2D eigenvalue weighted by Gasteiger charge is -2.32. The minimum atomic E-state index is -1.59. The molecule has 0 aliphatic carbocycles. The van der Waals surface area contributed by atoms with Gasteiger partial charge in [0, 0.05) is 61.8 Å². The Morgan fingerprint density at radius 2 is 1.88 bits per heavy atom. The van der Waals surface area contributed by atoms with Crippen molar-refractivity contribution in [3.05, 3.63) is 71.5 Å². The largest absolute Gasteiger partial charge is 0.396 e. The lowest BCUT2D eigenvalue weighted by Crippen LogP contribution is -2.45. The highest BCUT2D eigenvalue weighted by Crippen LogP contribution is 2.58. The van der Waals surface area contributed by atoms with Crippen LogP contribution in [0.1, 0.15) is 63.3 Å². The molecular formula is C33H40FN5O4. The van der Waals surface area contributed by atoms with E-state index in [0.717, 1.165) is 41.9 Å². The number of fused-ring (bicyclic) bond motifs is 2. The third-order valence-electron chi connectivity index (χ3n) is 9.38. The van der Waals surface area contributed by atoms with E-state index >= 15 is 4.39 Å². The van der Waals surface area contributed by atoms with E-state index in [1.165, 1.54) is 0 Å². The monoisotopic (exact) mass is 589 g/mol. The molecule has 4 heterocycles. The highest BCUT2D eigenvalue weighted by Gasteiger charge is 2.66. The van der Waals surface area contributed by atoms with Crippen LogP contribution in [0.25, 0.3) is 0 Å². The summed E-state index contributed by atoms with van der Waals surface area (Å²) in [6.07, 6.45) is 4.62. The van der Waals surface area contributed by atoms with Crippen molar-refractivity contribution in [1.82, 2.24) is 15.0 Å². The first kappa shape index (κ1) is 29.4. The zero-order valence-electron chi connectivity index (χ0n) is 25.1. The highest BCUT2D eigenvalue weighted by molar-refractivity contribution is 6.07. The van der Waals surface area contributed by atoms with Crippen molar-refractivity contribution in [3.63, 3.8) is 0 Å². The van der Waals surface area contributed by atoms with Crippen LogP contribution in [-0.2, 0) is 39.4 Å². The van der Waals surface area contributed by atoms with Crippen molar-refractivity contribution in [2.45, 2.75) is 83.3 Å². The molecule has 43 heavy (non-hydrogen) atoms. The fraction of sp³-hybridized carbons (Fsp3) is 0.515. The van der Waals surface area contributed by atoms with Crippen LogP contribution in [0, 0.1) is 11.8 Å². The number of carbonyl (C=O) groups excluding carboxylic acids is 2. The maximum Gasteiger partial charge on any atom is 0.264 e. The normalized spacial score (nSPS) is 25.7. The molecule has 10 heteroatoms. The predicted octanol–water partition coefficient (Wildman–Crippen LogP) is 4.56. The van der Waals surface area contributed by atoms with E-state index in [-0.39, 0.29) is 18.4 Å². The molecule has 2 fully saturated rings. The number of para-hydroxylation sites is 1. The minimum absolute atomic E-state index is 0.0110. The molecule has 3 aliphatic heterocycles. The number of halogens is 1. The van der Waals surface area contributed by atoms with E-state index in [1.54, 1.807) is 29.6 Å². The van der Waals surface area contributed by atoms with Crippen molar-refractivity contribution in [2.75, 3.05) is 23.0 Å². The average molecular weight is 590 g/mol. The van der Waals surface area contributed by atoms with Crippen molar-refractivity contribution < 1.29 is 23.8 Å².